The van der Waals surface area contributed by atoms with Crippen LogP contribution in [0.15, 0.2) is 21.3 Å². The molecule has 1 saturated heterocycles. The molecule has 9 heteroatoms. The van der Waals surface area contributed by atoms with Gasteiger partial charge >= 0.3 is 0 Å². The summed E-state index contributed by atoms with van der Waals surface area (Å²) in [4.78, 5) is 7.68. The molecule has 0 unspecified atom stereocenters. The van der Waals surface area contributed by atoms with Crippen LogP contribution in [0, 0.1) is 0 Å². The fourth-order valence-electron chi connectivity index (χ4n) is 3.00. The molecule has 0 atom stereocenters. The summed E-state index contributed by atoms with van der Waals surface area (Å²) in [6.45, 7) is 7.26. The number of thiophene rings is 1. The van der Waals surface area contributed by atoms with E-state index in [-0.39, 0.29) is 24.0 Å². The van der Waals surface area contributed by atoms with E-state index in [0.29, 0.717) is 36.2 Å². The van der Waals surface area contributed by atoms with Crippen molar-refractivity contribution in [3.05, 3.63) is 17.0 Å². The summed E-state index contributed by atoms with van der Waals surface area (Å²) < 4.78 is 26.9. The monoisotopic (exact) mass is 514 g/mol. The Morgan fingerprint density at radius 3 is 2.38 bits per heavy atom. The van der Waals surface area contributed by atoms with Gasteiger partial charge in [-0.25, -0.2) is 8.42 Å². The molecule has 1 aliphatic heterocycles. The third-order valence-corrected chi connectivity index (χ3v) is 8.16. The van der Waals surface area contributed by atoms with Gasteiger partial charge in [-0.3, -0.25) is 4.99 Å². The Morgan fingerprint density at radius 2 is 1.81 bits per heavy atom. The van der Waals surface area contributed by atoms with Crippen molar-refractivity contribution in [2.45, 2.75) is 50.2 Å². The highest BCUT2D eigenvalue weighted by molar-refractivity contribution is 14.0. The average molecular weight is 514 g/mol. The zero-order valence-electron chi connectivity index (χ0n) is 15.7. The molecule has 6 nitrogen and oxygen atoms in total. The number of rotatable bonds is 7. The van der Waals surface area contributed by atoms with Gasteiger partial charge in [0.25, 0.3) is 10.0 Å². The molecule has 1 aromatic rings. The van der Waals surface area contributed by atoms with Crippen LogP contribution in [0.25, 0.3) is 0 Å². The van der Waals surface area contributed by atoms with E-state index in [2.05, 4.69) is 9.89 Å². The van der Waals surface area contributed by atoms with Crippen LogP contribution in [0.4, 0.5) is 0 Å². The second kappa shape index (κ2) is 11.5. The van der Waals surface area contributed by atoms with Crippen LogP contribution >= 0.6 is 35.3 Å². The number of guanidine groups is 1. The second-order valence-electron chi connectivity index (χ2n) is 6.20. The van der Waals surface area contributed by atoms with Crippen LogP contribution in [-0.2, 0) is 16.4 Å². The summed E-state index contributed by atoms with van der Waals surface area (Å²) >= 11 is 1.34. The van der Waals surface area contributed by atoms with Crippen LogP contribution in [0.3, 0.4) is 0 Å². The largest absolute Gasteiger partial charge is 0.370 e. The Hall–Kier alpha value is -0.390. The number of halogens is 1. The number of hydrogen-bond donors (Lipinski definition) is 1. The average Bonchev–Trinajstić information content (AvgIpc) is 2.90. The predicted octanol–water partition coefficient (Wildman–Crippen LogP) is 3.13. The molecule has 2 rings (SSSR count). The molecule has 0 bridgehead atoms. The van der Waals surface area contributed by atoms with E-state index in [1.165, 1.54) is 41.3 Å². The molecular formula is C17H31IN4O2S2. The van der Waals surface area contributed by atoms with Crippen molar-refractivity contribution >= 4 is 51.3 Å². The van der Waals surface area contributed by atoms with Gasteiger partial charge in [0.2, 0.25) is 0 Å². The van der Waals surface area contributed by atoms with Crippen LogP contribution in [0.2, 0.25) is 0 Å². The molecule has 0 saturated carbocycles. The predicted molar refractivity (Wildman–Crippen MR) is 120 cm³/mol. The van der Waals surface area contributed by atoms with E-state index in [4.69, 9.17) is 5.73 Å². The van der Waals surface area contributed by atoms with Gasteiger partial charge in [-0.15, -0.1) is 35.3 Å². The van der Waals surface area contributed by atoms with E-state index < -0.39 is 10.0 Å². The maximum Gasteiger partial charge on any atom is 0.252 e. The van der Waals surface area contributed by atoms with E-state index in [1.54, 1.807) is 6.07 Å². The smallest absolute Gasteiger partial charge is 0.252 e. The highest BCUT2D eigenvalue weighted by Gasteiger charge is 2.23. The van der Waals surface area contributed by atoms with Crippen molar-refractivity contribution in [1.29, 1.82) is 0 Å². The quantitative estimate of drug-likeness (QED) is 0.345. The van der Waals surface area contributed by atoms with Crippen molar-refractivity contribution in [3.63, 3.8) is 0 Å². The molecule has 1 fully saturated rings. The third-order valence-electron chi connectivity index (χ3n) is 4.50. The van der Waals surface area contributed by atoms with Crippen molar-refractivity contribution in [2.24, 2.45) is 10.7 Å². The molecule has 26 heavy (non-hydrogen) atoms. The zero-order valence-corrected chi connectivity index (χ0v) is 19.6. The van der Waals surface area contributed by atoms with Crippen molar-refractivity contribution in [1.82, 2.24) is 9.21 Å². The van der Waals surface area contributed by atoms with Gasteiger partial charge < -0.3 is 10.6 Å². The van der Waals surface area contributed by atoms with Crippen LogP contribution < -0.4 is 5.73 Å². The van der Waals surface area contributed by atoms with Gasteiger partial charge in [-0.05, 0) is 25.0 Å². The van der Waals surface area contributed by atoms with Gasteiger partial charge in [0, 0.05) is 44.0 Å². The second-order valence-corrected chi connectivity index (χ2v) is 9.53. The molecule has 0 spiro atoms. The number of sulfonamides is 1. The fraction of sp³-hybridized carbons (Fsp3) is 0.706. The molecule has 0 amide bonds. The van der Waals surface area contributed by atoms with Crippen LogP contribution in [-0.4, -0.2) is 56.3 Å². The topological polar surface area (TPSA) is 79.0 Å². The first-order valence-electron chi connectivity index (χ1n) is 9.12. The minimum Gasteiger partial charge on any atom is -0.370 e. The summed E-state index contributed by atoms with van der Waals surface area (Å²) in [6, 6.07) is 3.59. The maximum atomic E-state index is 12.5. The molecule has 1 aromatic heterocycles. The van der Waals surface area contributed by atoms with Crippen molar-refractivity contribution in [3.8, 4) is 0 Å². The molecule has 150 valence electrons. The molecule has 0 radical (unpaired) electrons. The Bertz CT molecular complexity index is 664. The van der Waals surface area contributed by atoms with Gasteiger partial charge in [0.05, 0.1) is 0 Å². The highest BCUT2D eigenvalue weighted by atomic mass is 127. The first kappa shape index (κ1) is 23.6. The molecule has 0 aliphatic carbocycles. The first-order chi connectivity index (χ1) is 12.0. The lowest BCUT2D eigenvalue weighted by molar-refractivity contribution is 0.428. The van der Waals surface area contributed by atoms with E-state index in [1.807, 2.05) is 19.9 Å². The molecular weight excluding hydrogens is 483 g/mol. The van der Waals surface area contributed by atoms with Gasteiger partial charge in [-0.2, -0.15) is 4.31 Å². The highest BCUT2D eigenvalue weighted by Crippen LogP contribution is 2.25. The zero-order chi connectivity index (χ0) is 18.3. The fourth-order valence-corrected chi connectivity index (χ4v) is 5.96. The van der Waals surface area contributed by atoms with Crippen molar-refractivity contribution in [2.75, 3.05) is 32.7 Å². The lowest BCUT2D eigenvalue weighted by Gasteiger charge is -2.21. The van der Waals surface area contributed by atoms with Gasteiger partial charge in [0.15, 0.2) is 5.96 Å². The molecule has 0 aromatic carbocycles. The molecule has 2 heterocycles. The summed E-state index contributed by atoms with van der Waals surface area (Å²) in [5.41, 5.74) is 6.11. The summed E-state index contributed by atoms with van der Waals surface area (Å²) in [5.74, 6) is 0.620. The maximum absolute atomic E-state index is 12.5. The Balaban J connectivity index is 0.00000338. The van der Waals surface area contributed by atoms with Gasteiger partial charge in [0.1, 0.15) is 4.21 Å². The molecule has 2 N–H and O–H groups in total. The SMILES string of the molecule is CCN(CC)S(=O)(=O)c1ccc(CCN=C(N)N2CCCCCC2)s1.I. The number of nitrogens with zero attached hydrogens (tertiary/aromatic N) is 3. The summed E-state index contributed by atoms with van der Waals surface area (Å²) in [6.07, 6.45) is 5.60. The van der Waals surface area contributed by atoms with E-state index in [0.717, 1.165) is 18.0 Å². The number of aliphatic imine (C=N–C) groups is 1. The first-order valence-corrected chi connectivity index (χ1v) is 11.4. The standard InChI is InChI=1S/C17H30N4O2S2.HI/c1-3-21(4-2)25(22,23)16-10-9-15(24-16)11-12-19-17(18)20-13-7-5-6-8-14-20;/h9-10H,3-8,11-14H2,1-2H3,(H2,18,19);1H. The Kier molecular flexibility index (Phi) is 10.4. The minimum absolute atomic E-state index is 0. The van der Waals surface area contributed by atoms with Crippen LogP contribution in [0.1, 0.15) is 44.4 Å². The lowest BCUT2D eigenvalue weighted by atomic mass is 10.2. The Labute approximate surface area is 178 Å². The van der Waals surface area contributed by atoms with Crippen LogP contribution in [0.5, 0.6) is 0 Å². The van der Waals surface area contributed by atoms with E-state index >= 15 is 0 Å². The normalized spacial score (nSPS) is 16.4. The molecule has 1 aliphatic rings. The number of nitrogens with two attached hydrogens (primary N) is 1. The van der Waals surface area contributed by atoms with E-state index in [9.17, 15) is 8.42 Å². The van der Waals surface area contributed by atoms with Gasteiger partial charge in [-0.1, -0.05) is 26.7 Å². The van der Waals surface area contributed by atoms with Crippen molar-refractivity contribution < 1.29 is 8.42 Å². The summed E-state index contributed by atoms with van der Waals surface area (Å²) in [7, 11) is -3.36. The summed E-state index contributed by atoms with van der Waals surface area (Å²) in [5, 5.41) is 0. The number of likely N-dealkylation sites (tertiary alicyclic amines) is 1. The number of hydrogen-bond acceptors (Lipinski definition) is 4. The minimum atomic E-state index is -3.36. The lowest BCUT2D eigenvalue weighted by Crippen LogP contribution is -2.38. The Morgan fingerprint density at radius 1 is 1.19 bits per heavy atom. The third kappa shape index (κ3) is 6.35.